The van der Waals surface area contributed by atoms with E-state index in [-0.39, 0.29) is 17.8 Å². The Morgan fingerprint density at radius 2 is 2.04 bits per heavy atom. The zero-order chi connectivity index (χ0) is 17.6. The van der Waals surface area contributed by atoms with Crippen molar-refractivity contribution in [1.29, 1.82) is 0 Å². The Morgan fingerprint density at radius 1 is 1.24 bits per heavy atom. The van der Waals surface area contributed by atoms with Gasteiger partial charge in [0.15, 0.2) is 0 Å². The van der Waals surface area contributed by atoms with Crippen LogP contribution in [0.2, 0.25) is 0 Å². The summed E-state index contributed by atoms with van der Waals surface area (Å²) >= 11 is 0. The predicted octanol–water partition coefficient (Wildman–Crippen LogP) is 2.40. The molecule has 1 aromatic carbocycles. The van der Waals surface area contributed by atoms with Crippen molar-refractivity contribution in [2.75, 3.05) is 33.0 Å². The van der Waals surface area contributed by atoms with E-state index >= 15 is 0 Å². The van der Waals surface area contributed by atoms with Crippen molar-refractivity contribution in [2.45, 2.75) is 32.7 Å². The smallest absolute Gasteiger partial charge is 0.338 e. The minimum Gasteiger partial charge on any atom is -0.493 e. The molecule has 6 heteroatoms. The third-order valence-electron chi connectivity index (χ3n) is 4.65. The number of ether oxygens (including phenoxy) is 3. The Bertz CT molecular complexity index is 624. The van der Waals surface area contributed by atoms with Gasteiger partial charge in [0.25, 0.3) is 0 Å². The fourth-order valence-electron chi connectivity index (χ4n) is 3.27. The molecule has 2 aliphatic heterocycles. The van der Waals surface area contributed by atoms with Gasteiger partial charge in [0, 0.05) is 37.8 Å². The van der Waals surface area contributed by atoms with Gasteiger partial charge >= 0.3 is 5.97 Å². The highest BCUT2D eigenvalue weighted by Crippen LogP contribution is 2.27. The molecule has 0 bridgehead atoms. The first kappa shape index (κ1) is 17.7. The summed E-state index contributed by atoms with van der Waals surface area (Å²) in [4.78, 5) is 26.7. The molecular weight excluding hydrogens is 322 g/mol. The van der Waals surface area contributed by atoms with E-state index in [0.717, 1.165) is 24.8 Å². The number of nitrogens with zero attached hydrogens (tertiary/aromatic N) is 1. The SMILES string of the molecule is CCOC(=O)c1ccc2c(c1)OCCCN(C(=O)C1CCOCC1)C2. The Hall–Kier alpha value is -2.08. The monoisotopic (exact) mass is 347 g/mol. The summed E-state index contributed by atoms with van der Waals surface area (Å²) in [5.74, 6) is 0.558. The van der Waals surface area contributed by atoms with Crippen LogP contribution >= 0.6 is 0 Å². The summed E-state index contributed by atoms with van der Waals surface area (Å²) in [5.41, 5.74) is 1.40. The van der Waals surface area contributed by atoms with Gasteiger partial charge in [-0.2, -0.15) is 0 Å². The predicted molar refractivity (Wildman–Crippen MR) is 91.5 cm³/mol. The van der Waals surface area contributed by atoms with Crippen molar-refractivity contribution in [3.8, 4) is 5.75 Å². The van der Waals surface area contributed by atoms with Crippen LogP contribution in [0.25, 0.3) is 0 Å². The maximum Gasteiger partial charge on any atom is 0.338 e. The maximum absolute atomic E-state index is 12.8. The molecule has 6 nitrogen and oxygen atoms in total. The van der Waals surface area contributed by atoms with Crippen LogP contribution in [0.5, 0.6) is 5.75 Å². The van der Waals surface area contributed by atoms with Crippen LogP contribution in [0.1, 0.15) is 42.1 Å². The number of rotatable bonds is 3. The second-order valence-electron chi connectivity index (χ2n) is 6.39. The first-order valence-corrected chi connectivity index (χ1v) is 8.98. The molecule has 1 fully saturated rings. The first-order valence-electron chi connectivity index (χ1n) is 8.98. The number of hydrogen-bond acceptors (Lipinski definition) is 5. The van der Waals surface area contributed by atoms with Crippen molar-refractivity contribution in [3.05, 3.63) is 29.3 Å². The lowest BCUT2D eigenvalue weighted by molar-refractivity contribution is -0.139. The Labute approximate surface area is 148 Å². The normalized spacial score (nSPS) is 18.5. The molecule has 0 aromatic heterocycles. The molecule has 0 saturated carbocycles. The molecule has 0 spiro atoms. The second-order valence-corrected chi connectivity index (χ2v) is 6.39. The van der Waals surface area contributed by atoms with Crippen molar-refractivity contribution in [1.82, 2.24) is 4.90 Å². The molecule has 1 saturated heterocycles. The number of amides is 1. The van der Waals surface area contributed by atoms with Crippen LogP contribution in [0.4, 0.5) is 0 Å². The molecule has 2 heterocycles. The molecule has 136 valence electrons. The molecule has 25 heavy (non-hydrogen) atoms. The minimum atomic E-state index is -0.355. The number of carbonyl (C=O) groups excluding carboxylic acids is 2. The van der Waals surface area contributed by atoms with Crippen molar-refractivity contribution < 1.29 is 23.8 Å². The topological polar surface area (TPSA) is 65.1 Å². The van der Waals surface area contributed by atoms with E-state index < -0.39 is 0 Å². The standard InChI is InChI=1S/C19H25NO5/c1-2-24-19(22)15-4-5-16-13-20(8-3-9-25-17(16)12-15)18(21)14-6-10-23-11-7-14/h4-5,12,14H,2-3,6-11,13H2,1H3. The van der Waals surface area contributed by atoms with E-state index in [1.165, 1.54) is 0 Å². The van der Waals surface area contributed by atoms with Crippen molar-refractivity contribution in [3.63, 3.8) is 0 Å². The summed E-state index contributed by atoms with van der Waals surface area (Å²) in [6, 6.07) is 5.31. The summed E-state index contributed by atoms with van der Waals surface area (Å²) in [6.07, 6.45) is 2.36. The number of fused-ring (bicyclic) bond motifs is 1. The maximum atomic E-state index is 12.8. The molecule has 2 aliphatic rings. The van der Waals surface area contributed by atoms with Gasteiger partial charge in [-0.05, 0) is 38.3 Å². The zero-order valence-electron chi connectivity index (χ0n) is 14.7. The molecule has 0 aliphatic carbocycles. The van der Waals surface area contributed by atoms with Gasteiger partial charge in [-0.3, -0.25) is 4.79 Å². The van der Waals surface area contributed by atoms with Crippen LogP contribution < -0.4 is 4.74 Å². The fraction of sp³-hybridized carbons (Fsp3) is 0.579. The number of carbonyl (C=O) groups is 2. The average Bonchev–Trinajstić information content (AvgIpc) is 2.62. The molecule has 0 N–H and O–H groups in total. The Kier molecular flexibility index (Phi) is 5.91. The zero-order valence-corrected chi connectivity index (χ0v) is 14.7. The van der Waals surface area contributed by atoms with Crippen LogP contribution in [-0.2, 0) is 20.8 Å². The quantitative estimate of drug-likeness (QED) is 0.786. The average molecular weight is 347 g/mol. The van der Waals surface area contributed by atoms with E-state index in [0.29, 0.717) is 50.8 Å². The number of esters is 1. The number of benzene rings is 1. The van der Waals surface area contributed by atoms with Gasteiger partial charge in [-0.25, -0.2) is 4.79 Å². The van der Waals surface area contributed by atoms with Gasteiger partial charge in [0.1, 0.15) is 5.75 Å². The van der Waals surface area contributed by atoms with Gasteiger partial charge < -0.3 is 19.1 Å². The van der Waals surface area contributed by atoms with Crippen LogP contribution in [0, 0.1) is 5.92 Å². The highest BCUT2D eigenvalue weighted by atomic mass is 16.5. The molecule has 3 rings (SSSR count). The highest BCUT2D eigenvalue weighted by molar-refractivity contribution is 5.90. The van der Waals surface area contributed by atoms with Gasteiger partial charge in [-0.15, -0.1) is 0 Å². The summed E-state index contributed by atoms with van der Waals surface area (Å²) in [7, 11) is 0. The van der Waals surface area contributed by atoms with E-state index in [4.69, 9.17) is 14.2 Å². The van der Waals surface area contributed by atoms with Crippen LogP contribution in [0.3, 0.4) is 0 Å². The van der Waals surface area contributed by atoms with Gasteiger partial charge in [-0.1, -0.05) is 6.07 Å². The Balaban J connectivity index is 1.76. The van der Waals surface area contributed by atoms with Gasteiger partial charge in [0.2, 0.25) is 5.91 Å². The first-order chi connectivity index (χ1) is 12.2. The molecule has 0 atom stereocenters. The third-order valence-corrected chi connectivity index (χ3v) is 4.65. The van der Waals surface area contributed by atoms with E-state index in [9.17, 15) is 9.59 Å². The highest BCUT2D eigenvalue weighted by Gasteiger charge is 2.28. The molecular formula is C19H25NO5. The van der Waals surface area contributed by atoms with E-state index in [2.05, 4.69) is 0 Å². The van der Waals surface area contributed by atoms with Crippen molar-refractivity contribution >= 4 is 11.9 Å². The van der Waals surface area contributed by atoms with Gasteiger partial charge in [0.05, 0.1) is 18.8 Å². The second kappa shape index (κ2) is 8.34. The molecule has 0 radical (unpaired) electrons. The Morgan fingerprint density at radius 3 is 2.80 bits per heavy atom. The van der Waals surface area contributed by atoms with E-state index in [1.807, 2.05) is 11.0 Å². The summed E-state index contributed by atoms with van der Waals surface area (Å²) < 4.78 is 16.2. The van der Waals surface area contributed by atoms with Crippen molar-refractivity contribution in [2.24, 2.45) is 5.92 Å². The summed E-state index contributed by atoms with van der Waals surface area (Å²) in [6.45, 7) is 5.16. The van der Waals surface area contributed by atoms with Crippen LogP contribution in [0.15, 0.2) is 18.2 Å². The van der Waals surface area contributed by atoms with E-state index in [1.54, 1.807) is 19.1 Å². The molecule has 0 unspecified atom stereocenters. The lowest BCUT2D eigenvalue weighted by Gasteiger charge is -2.31. The lowest BCUT2D eigenvalue weighted by atomic mass is 9.98. The lowest BCUT2D eigenvalue weighted by Crippen LogP contribution is -2.39. The summed E-state index contributed by atoms with van der Waals surface area (Å²) in [5, 5.41) is 0. The minimum absolute atomic E-state index is 0.0522. The largest absolute Gasteiger partial charge is 0.493 e. The molecule has 1 amide bonds. The molecule has 1 aromatic rings. The third kappa shape index (κ3) is 4.31. The fourth-order valence-corrected chi connectivity index (χ4v) is 3.27. The number of hydrogen-bond donors (Lipinski definition) is 0. The van der Waals surface area contributed by atoms with Crippen LogP contribution in [-0.4, -0.2) is 49.7 Å².